The van der Waals surface area contributed by atoms with Crippen LogP contribution in [0.2, 0.25) is 0 Å². The maximum atomic E-state index is 12.1. The number of aromatic nitrogens is 2. The van der Waals surface area contributed by atoms with E-state index in [4.69, 9.17) is 5.73 Å². The summed E-state index contributed by atoms with van der Waals surface area (Å²) in [5, 5.41) is 2.88. The third-order valence-electron chi connectivity index (χ3n) is 5.52. The molecule has 1 unspecified atom stereocenters. The normalized spacial score (nSPS) is 21.1. The molecular formula is C20H29N5O. The number of likely N-dealkylation sites (N-methyl/N-ethyl adjacent to an activating group) is 1. The summed E-state index contributed by atoms with van der Waals surface area (Å²) in [7, 11) is 3.95. The molecule has 6 nitrogen and oxygen atoms in total. The second-order valence-corrected chi connectivity index (χ2v) is 7.33. The molecule has 3 atom stereocenters. The fourth-order valence-electron chi connectivity index (χ4n) is 3.74. The van der Waals surface area contributed by atoms with Crippen molar-refractivity contribution in [2.75, 3.05) is 19.4 Å². The average Bonchev–Trinajstić information content (AvgIpc) is 3.08. The minimum atomic E-state index is -0.282. The van der Waals surface area contributed by atoms with E-state index in [0.717, 1.165) is 24.9 Å². The number of anilines is 1. The molecule has 0 bridgehead atoms. The Morgan fingerprint density at radius 1 is 1.31 bits per heavy atom. The number of benzene rings is 1. The van der Waals surface area contributed by atoms with Gasteiger partial charge >= 0.3 is 5.69 Å². The van der Waals surface area contributed by atoms with Crippen molar-refractivity contribution in [1.82, 2.24) is 14.5 Å². The number of nitrogens with one attached hydrogen (secondary N) is 1. The first kappa shape index (κ1) is 18.6. The molecule has 1 saturated carbocycles. The quantitative estimate of drug-likeness (QED) is 0.829. The van der Waals surface area contributed by atoms with Crippen LogP contribution in [0.25, 0.3) is 5.69 Å². The van der Waals surface area contributed by atoms with E-state index in [1.807, 2.05) is 12.1 Å². The molecule has 0 aliphatic heterocycles. The van der Waals surface area contributed by atoms with Crippen LogP contribution < -0.4 is 16.7 Å². The Hall–Kier alpha value is -2.18. The molecule has 3 rings (SSSR count). The molecule has 1 aromatic heterocycles. The van der Waals surface area contributed by atoms with Crippen molar-refractivity contribution in [1.29, 1.82) is 0 Å². The van der Waals surface area contributed by atoms with Gasteiger partial charge in [0.2, 0.25) is 0 Å². The highest BCUT2D eigenvalue weighted by Gasteiger charge is 2.27. The van der Waals surface area contributed by atoms with Gasteiger partial charge in [-0.1, -0.05) is 12.1 Å². The molecule has 0 saturated heterocycles. The highest BCUT2D eigenvalue weighted by atomic mass is 16.1. The molecule has 1 fully saturated rings. The lowest BCUT2D eigenvalue weighted by Gasteiger charge is -2.31. The van der Waals surface area contributed by atoms with Crippen molar-refractivity contribution < 1.29 is 0 Å². The van der Waals surface area contributed by atoms with Crippen molar-refractivity contribution in [3.63, 3.8) is 0 Å². The van der Waals surface area contributed by atoms with Crippen molar-refractivity contribution in [2.24, 2.45) is 5.73 Å². The van der Waals surface area contributed by atoms with Gasteiger partial charge in [-0.3, -0.25) is 4.57 Å². The summed E-state index contributed by atoms with van der Waals surface area (Å²) in [6.07, 6.45) is 6.15. The van der Waals surface area contributed by atoms with Crippen molar-refractivity contribution >= 4 is 5.82 Å². The van der Waals surface area contributed by atoms with Crippen LogP contribution in [0.1, 0.15) is 31.7 Å². The van der Waals surface area contributed by atoms with E-state index < -0.39 is 0 Å². The van der Waals surface area contributed by atoms with E-state index in [1.165, 1.54) is 12.0 Å². The topological polar surface area (TPSA) is 76.2 Å². The molecular weight excluding hydrogens is 326 g/mol. The fraction of sp³-hybridized carbons (Fsp3) is 0.500. The zero-order valence-electron chi connectivity index (χ0n) is 15.9. The second-order valence-electron chi connectivity index (χ2n) is 7.33. The summed E-state index contributed by atoms with van der Waals surface area (Å²) < 4.78 is 1.56. The highest BCUT2D eigenvalue weighted by molar-refractivity contribution is 5.37. The summed E-state index contributed by atoms with van der Waals surface area (Å²) in [5.74, 6) is 0.575. The molecule has 0 spiro atoms. The van der Waals surface area contributed by atoms with Crippen LogP contribution in [0.15, 0.2) is 41.3 Å². The van der Waals surface area contributed by atoms with Gasteiger partial charge in [0.25, 0.3) is 0 Å². The van der Waals surface area contributed by atoms with Gasteiger partial charge in [0.05, 0.1) is 5.69 Å². The van der Waals surface area contributed by atoms with Gasteiger partial charge in [0, 0.05) is 31.4 Å². The minimum absolute atomic E-state index is 0.282. The highest BCUT2D eigenvalue weighted by Crippen LogP contribution is 2.24. The predicted molar refractivity (Wildman–Crippen MR) is 106 cm³/mol. The van der Waals surface area contributed by atoms with Gasteiger partial charge in [0.1, 0.15) is 5.82 Å². The molecule has 0 radical (unpaired) electrons. The monoisotopic (exact) mass is 355 g/mol. The lowest BCUT2D eigenvalue weighted by atomic mass is 10.0. The number of nitrogens with two attached hydrogens (primary N) is 1. The number of hydrogen-bond donors (Lipinski definition) is 2. The third kappa shape index (κ3) is 4.14. The number of nitrogens with zero attached hydrogens (tertiary/aromatic N) is 3. The van der Waals surface area contributed by atoms with E-state index >= 15 is 0 Å². The zero-order valence-corrected chi connectivity index (χ0v) is 15.9. The van der Waals surface area contributed by atoms with Crippen LogP contribution in [0.5, 0.6) is 0 Å². The molecule has 140 valence electrons. The van der Waals surface area contributed by atoms with Crippen molar-refractivity contribution in [2.45, 2.75) is 50.7 Å². The van der Waals surface area contributed by atoms with Gasteiger partial charge in [-0.05, 0) is 63.4 Å². The predicted octanol–water partition coefficient (Wildman–Crippen LogP) is 2.02. The molecule has 26 heavy (non-hydrogen) atoms. The minimum Gasteiger partial charge on any atom is -0.373 e. The van der Waals surface area contributed by atoms with Crippen molar-refractivity contribution in [3.05, 3.63) is 52.6 Å². The summed E-state index contributed by atoms with van der Waals surface area (Å²) in [6.45, 7) is 2.27. The van der Waals surface area contributed by atoms with Gasteiger partial charge in [-0.15, -0.1) is 0 Å². The Balaban J connectivity index is 1.67. The first-order valence-electron chi connectivity index (χ1n) is 9.32. The summed E-state index contributed by atoms with van der Waals surface area (Å²) >= 11 is 0. The smallest absolute Gasteiger partial charge is 0.354 e. The molecule has 1 heterocycles. The Morgan fingerprint density at radius 2 is 2.04 bits per heavy atom. The Labute approximate surface area is 155 Å². The summed E-state index contributed by atoms with van der Waals surface area (Å²) in [5.41, 5.74) is 7.87. The van der Waals surface area contributed by atoms with Gasteiger partial charge in [-0.25, -0.2) is 4.79 Å². The van der Waals surface area contributed by atoms with Gasteiger partial charge in [-0.2, -0.15) is 4.98 Å². The van der Waals surface area contributed by atoms with Crippen LogP contribution in [0.3, 0.4) is 0 Å². The van der Waals surface area contributed by atoms with Gasteiger partial charge in [0.15, 0.2) is 0 Å². The third-order valence-corrected chi connectivity index (χ3v) is 5.52. The first-order chi connectivity index (χ1) is 12.5. The van der Waals surface area contributed by atoms with Crippen LogP contribution >= 0.6 is 0 Å². The maximum absolute atomic E-state index is 12.1. The van der Waals surface area contributed by atoms with E-state index in [2.05, 4.69) is 41.3 Å². The molecule has 6 heteroatoms. The number of hydrogen-bond acceptors (Lipinski definition) is 5. The lowest BCUT2D eigenvalue weighted by molar-refractivity contribution is 0.184. The number of rotatable bonds is 6. The van der Waals surface area contributed by atoms with Crippen LogP contribution in [-0.2, 0) is 6.42 Å². The fourth-order valence-corrected chi connectivity index (χ4v) is 3.74. The molecule has 2 aromatic rings. The second kappa shape index (κ2) is 8.01. The van der Waals surface area contributed by atoms with E-state index in [9.17, 15) is 4.79 Å². The molecule has 0 amide bonds. The largest absolute Gasteiger partial charge is 0.373 e. The lowest BCUT2D eigenvalue weighted by Crippen LogP contribution is -2.39. The molecule has 1 aromatic carbocycles. The van der Waals surface area contributed by atoms with Crippen LogP contribution in [-0.4, -0.2) is 46.7 Å². The first-order valence-corrected chi connectivity index (χ1v) is 9.32. The Morgan fingerprint density at radius 3 is 2.62 bits per heavy atom. The Kier molecular flexibility index (Phi) is 5.74. The average molecular weight is 355 g/mol. The van der Waals surface area contributed by atoms with Gasteiger partial charge < -0.3 is 16.0 Å². The SMILES string of the molecule is CNc1ccn(-c2ccc(CC(C)N(C)[C@H]3CC[C@@H](N)C3)cc2)c(=O)n1. The Bertz CT molecular complexity index is 786. The maximum Gasteiger partial charge on any atom is 0.354 e. The molecule has 1 aliphatic carbocycles. The summed E-state index contributed by atoms with van der Waals surface area (Å²) in [4.78, 5) is 18.6. The van der Waals surface area contributed by atoms with E-state index in [-0.39, 0.29) is 5.69 Å². The van der Waals surface area contributed by atoms with Crippen LogP contribution in [0.4, 0.5) is 5.82 Å². The van der Waals surface area contributed by atoms with Crippen LogP contribution in [0, 0.1) is 0 Å². The zero-order chi connectivity index (χ0) is 18.7. The molecule has 3 N–H and O–H groups in total. The van der Waals surface area contributed by atoms with E-state index in [1.54, 1.807) is 23.9 Å². The summed E-state index contributed by atoms with van der Waals surface area (Å²) in [6, 6.07) is 11.3. The standard InChI is InChI=1S/C20H29N5O/c1-14(24(3)18-9-6-16(21)13-18)12-15-4-7-17(8-5-15)25-11-10-19(22-2)23-20(25)26/h4-5,7-8,10-11,14,16,18H,6,9,12-13,21H2,1-3H3,(H,22,23,26)/t14?,16-,18+/m1/s1. The van der Waals surface area contributed by atoms with Crippen molar-refractivity contribution in [3.8, 4) is 5.69 Å². The molecule has 1 aliphatic rings. The van der Waals surface area contributed by atoms with E-state index in [0.29, 0.717) is 23.9 Å².